The molecule has 2 N–H and O–H groups in total. The number of aromatic nitrogens is 4. The van der Waals surface area contributed by atoms with E-state index in [9.17, 15) is 5.11 Å². The number of morpholine rings is 1. The lowest BCUT2D eigenvalue weighted by Gasteiger charge is -2.30. The Labute approximate surface area is 145 Å². The third kappa shape index (κ3) is 2.96. The van der Waals surface area contributed by atoms with Crippen molar-refractivity contribution < 1.29 is 9.84 Å². The van der Waals surface area contributed by atoms with Crippen molar-refractivity contribution in [2.24, 2.45) is 0 Å². The van der Waals surface area contributed by atoms with Gasteiger partial charge >= 0.3 is 0 Å². The highest BCUT2D eigenvalue weighted by Gasteiger charge is 2.24. The van der Waals surface area contributed by atoms with Crippen LogP contribution in [0.3, 0.4) is 0 Å². The zero-order chi connectivity index (χ0) is 17.4. The lowest BCUT2D eigenvalue weighted by molar-refractivity contribution is 0.0801. The van der Waals surface area contributed by atoms with Gasteiger partial charge in [0.05, 0.1) is 24.5 Å². The Morgan fingerprint density at radius 3 is 2.68 bits per heavy atom. The molecule has 1 saturated heterocycles. The predicted octanol–water partition coefficient (Wildman–Crippen LogP) is 2.08. The van der Waals surface area contributed by atoms with Crippen molar-refractivity contribution in [3.8, 4) is 11.4 Å². The molecule has 0 spiro atoms. The quantitative estimate of drug-likeness (QED) is 0.760. The molecule has 130 valence electrons. The summed E-state index contributed by atoms with van der Waals surface area (Å²) in [7, 11) is 0. The summed E-state index contributed by atoms with van der Waals surface area (Å²) in [6.45, 7) is 6.51. The van der Waals surface area contributed by atoms with Gasteiger partial charge in [0.2, 0.25) is 0 Å². The van der Waals surface area contributed by atoms with Crippen molar-refractivity contribution >= 4 is 16.7 Å². The Bertz CT molecular complexity index is 880. The normalized spacial score (nSPS) is 15.7. The Morgan fingerprint density at radius 2 is 2.00 bits per heavy atom. The zero-order valence-corrected chi connectivity index (χ0v) is 14.4. The standard InChI is InChI=1S/C18H21N5O2/c1-18(2,24)13-11-15(23-7-9-25-10-8-23)21-16-12(13)3-5-19-17(16)14-4-6-20-22-14/h3-6,11,24H,7-10H2,1-2H3,(H,20,22). The van der Waals surface area contributed by atoms with Gasteiger partial charge in [-0.25, -0.2) is 4.98 Å². The largest absolute Gasteiger partial charge is 0.386 e. The maximum atomic E-state index is 10.7. The molecule has 0 saturated carbocycles. The van der Waals surface area contributed by atoms with Crippen LogP contribution in [0, 0.1) is 0 Å². The van der Waals surface area contributed by atoms with Gasteiger partial charge in [0.15, 0.2) is 0 Å². The van der Waals surface area contributed by atoms with Crippen molar-refractivity contribution in [3.63, 3.8) is 0 Å². The summed E-state index contributed by atoms with van der Waals surface area (Å²) in [5.41, 5.74) is 2.14. The highest BCUT2D eigenvalue weighted by molar-refractivity contribution is 5.94. The summed E-state index contributed by atoms with van der Waals surface area (Å²) >= 11 is 0. The number of rotatable bonds is 3. The van der Waals surface area contributed by atoms with Crippen LogP contribution in [0.25, 0.3) is 22.3 Å². The number of nitrogens with one attached hydrogen (secondary N) is 1. The van der Waals surface area contributed by atoms with Crippen molar-refractivity contribution in [1.82, 2.24) is 20.2 Å². The summed E-state index contributed by atoms with van der Waals surface area (Å²) in [6.07, 6.45) is 3.43. The van der Waals surface area contributed by atoms with Crippen molar-refractivity contribution in [3.05, 3.63) is 36.2 Å². The summed E-state index contributed by atoms with van der Waals surface area (Å²) in [5.74, 6) is 0.835. The van der Waals surface area contributed by atoms with Gasteiger partial charge in [-0.15, -0.1) is 0 Å². The number of pyridine rings is 2. The Morgan fingerprint density at radius 1 is 1.20 bits per heavy atom. The lowest BCUT2D eigenvalue weighted by Crippen LogP contribution is -2.37. The molecule has 4 rings (SSSR count). The van der Waals surface area contributed by atoms with Crippen molar-refractivity contribution in [2.75, 3.05) is 31.2 Å². The molecule has 0 aliphatic carbocycles. The van der Waals surface area contributed by atoms with E-state index in [-0.39, 0.29) is 0 Å². The van der Waals surface area contributed by atoms with Gasteiger partial charge in [-0.1, -0.05) is 0 Å². The van der Waals surface area contributed by atoms with E-state index in [0.29, 0.717) is 13.2 Å². The minimum absolute atomic E-state index is 0.679. The average molecular weight is 339 g/mol. The minimum atomic E-state index is -0.991. The molecule has 0 radical (unpaired) electrons. The third-order valence-electron chi connectivity index (χ3n) is 4.46. The summed E-state index contributed by atoms with van der Waals surface area (Å²) in [6, 6.07) is 5.75. The van der Waals surface area contributed by atoms with Crippen LogP contribution in [0.1, 0.15) is 19.4 Å². The fourth-order valence-electron chi connectivity index (χ4n) is 3.18. The first kappa shape index (κ1) is 16.0. The molecule has 0 bridgehead atoms. The zero-order valence-electron chi connectivity index (χ0n) is 14.4. The van der Waals surface area contributed by atoms with Crippen LogP contribution >= 0.6 is 0 Å². The molecular formula is C18H21N5O2. The van der Waals surface area contributed by atoms with Gasteiger partial charge in [0, 0.05) is 30.9 Å². The summed E-state index contributed by atoms with van der Waals surface area (Å²) in [4.78, 5) is 11.6. The molecule has 0 amide bonds. The molecule has 7 heteroatoms. The van der Waals surface area contributed by atoms with E-state index >= 15 is 0 Å². The van der Waals surface area contributed by atoms with Gasteiger partial charge < -0.3 is 14.7 Å². The molecular weight excluding hydrogens is 318 g/mol. The van der Waals surface area contributed by atoms with Crippen LogP contribution in [0.15, 0.2) is 30.6 Å². The molecule has 0 atom stereocenters. The topological polar surface area (TPSA) is 87.2 Å². The molecule has 3 aromatic heterocycles. The monoisotopic (exact) mass is 339 g/mol. The SMILES string of the molecule is CC(C)(O)c1cc(N2CCOCC2)nc2c(-c3ccn[nH]3)nccc12. The number of fused-ring (bicyclic) bond motifs is 1. The second kappa shape index (κ2) is 6.09. The van der Waals surface area contributed by atoms with E-state index in [1.807, 2.05) is 18.2 Å². The molecule has 25 heavy (non-hydrogen) atoms. The molecule has 1 aliphatic rings. The number of ether oxygens (including phenoxy) is 1. The maximum Gasteiger partial charge on any atom is 0.129 e. The van der Waals surface area contributed by atoms with Crippen LogP contribution in [0.4, 0.5) is 5.82 Å². The highest BCUT2D eigenvalue weighted by Crippen LogP contribution is 2.34. The number of anilines is 1. The number of aromatic amines is 1. The van der Waals surface area contributed by atoms with Gasteiger partial charge in [-0.2, -0.15) is 5.10 Å². The minimum Gasteiger partial charge on any atom is -0.386 e. The maximum absolute atomic E-state index is 10.7. The smallest absolute Gasteiger partial charge is 0.129 e. The molecule has 7 nitrogen and oxygen atoms in total. The molecule has 1 aliphatic heterocycles. The number of aliphatic hydroxyl groups is 1. The number of hydrogen-bond acceptors (Lipinski definition) is 6. The molecule has 3 aromatic rings. The van der Waals surface area contributed by atoms with Crippen LogP contribution in [-0.4, -0.2) is 51.6 Å². The van der Waals surface area contributed by atoms with Gasteiger partial charge in [-0.05, 0) is 37.6 Å². The van der Waals surface area contributed by atoms with E-state index in [0.717, 1.165) is 46.8 Å². The van der Waals surface area contributed by atoms with E-state index in [4.69, 9.17) is 9.72 Å². The first-order valence-electron chi connectivity index (χ1n) is 8.39. The lowest BCUT2D eigenvalue weighted by atomic mass is 9.94. The van der Waals surface area contributed by atoms with E-state index in [1.54, 1.807) is 26.2 Å². The van der Waals surface area contributed by atoms with Crippen LogP contribution < -0.4 is 4.90 Å². The first-order chi connectivity index (χ1) is 12.0. The second-order valence-electron chi connectivity index (χ2n) is 6.71. The molecule has 0 unspecified atom stereocenters. The van der Waals surface area contributed by atoms with Gasteiger partial charge in [0.1, 0.15) is 17.0 Å². The van der Waals surface area contributed by atoms with Gasteiger partial charge in [-0.3, -0.25) is 10.1 Å². The fraction of sp³-hybridized carbons (Fsp3) is 0.389. The Kier molecular flexibility index (Phi) is 3.89. The molecule has 0 aromatic carbocycles. The average Bonchev–Trinajstić information content (AvgIpc) is 3.14. The first-order valence-corrected chi connectivity index (χ1v) is 8.39. The third-order valence-corrected chi connectivity index (χ3v) is 4.46. The second-order valence-corrected chi connectivity index (χ2v) is 6.71. The molecule has 1 fully saturated rings. The van der Waals surface area contributed by atoms with Crippen LogP contribution in [-0.2, 0) is 10.3 Å². The fourth-order valence-corrected chi connectivity index (χ4v) is 3.18. The van der Waals surface area contributed by atoms with Crippen LogP contribution in [0.2, 0.25) is 0 Å². The Hall–Kier alpha value is -2.51. The summed E-state index contributed by atoms with van der Waals surface area (Å²) < 4.78 is 5.44. The summed E-state index contributed by atoms with van der Waals surface area (Å²) in [5, 5.41) is 18.6. The number of H-pyrrole nitrogens is 1. The van der Waals surface area contributed by atoms with E-state index in [2.05, 4.69) is 20.1 Å². The predicted molar refractivity (Wildman–Crippen MR) is 95.4 cm³/mol. The van der Waals surface area contributed by atoms with Crippen LogP contribution in [0.5, 0.6) is 0 Å². The van der Waals surface area contributed by atoms with E-state index in [1.165, 1.54) is 0 Å². The van der Waals surface area contributed by atoms with Gasteiger partial charge in [0.25, 0.3) is 0 Å². The number of nitrogens with zero attached hydrogens (tertiary/aromatic N) is 4. The highest BCUT2D eigenvalue weighted by atomic mass is 16.5. The van der Waals surface area contributed by atoms with Crippen molar-refractivity contribution in [1.29, 1.82) is 0 Å². The Balaban J connectivity index is 1.97. The van der Waals surface area contributed by atoms with Crippen molar-refractivity contribution in [2.45, 2.75) is 19.4 Å². The molecule has 4 heterocycles. The number of hydrogen-bond donors (Lipinski definition) is 2. The van der Waals surface area contributed by atoms with E-state index < -0.39 is 5.60 Å².